The molecule has 0 amide bonds. The lowest BCUT2D eigenvalue weighted by atomic mass is 9.82. The lowest BCUT2D eigenvalue weighted by Gasteiger charge is -2.27. The normalized spacial score (nSPS) is 15.9. The highest BCUT2D eigenvalue weighted by molar-refractivity contribution is 5.32. The molecular formula is C16H26N2. The van der Waals surface area contributed by atoms with Gasteiger partial charge in [0.2, 0.25) is 0 Å². The van der Waals surface area contributed by atoms with Crippen LogP contribution in [0.15, 0.2) is 24.3 Å². The van der Waals surface area contributed by atoms with Gasteiger partial charge in [-0.05, 0) is 30.9 Å². The van der Waals surface area contributed by atoms with E-state index in [1.165, 1.54) is 24.0 Å². The summed E-state index contributed by atoms with van der Waals surface area (Å²) in [6.07, 6.45) is 2.74. The number of nitrogens with one attached hydrogen (secondary N) is 2. The molecule has 1 aliphatic rings. The summed E-state index contributed by atoms with van der Waals surface area (Å²) in [5, 5.41) is 7.10. The Morgan fingerprint density at radius 2 is 1.89 bits per heavy atom. The third-order valence-corrected chi connectivity index (χ3v) is 3.75. The number of hydrogen-bond acceptors (Lipinski definition) is 2. The predicted octanol–water partition coefficient (Wildman–Crippen LogP) is 2.61. The SMILES string of the molecule is Cc1ccccc1C(C)(C)CNCCNC1CC1. The second kappa shape index (κ2) is 5.85. The molecule has 1 fully saturated rings. The van der Waals surface area contributed by atoms with E-state index in [9.17, 15) is 0 Å². The van der Waals surface area contributed by atoms with E-state index in [0.29, 0.717) is 0 Å². The van der Waals surface area contributed by atoms with Crippen molar-refractivity contribution in [3.63, 3.8) is 0 Å². The molecule has 100 valence electrons. The molecule has 2 N–H and O–H groups in total. The summed E-state index contributed by atoms with van der Waals surface area (Å²) in [6.45, 7) is 10.0. The fraction of sp³-hybridized carbons (Fsp3) is 0.625. The lowest BCUT2D eigenvalue weighted by Crippen LogP contribution is -2.37. The van der Waals surface area contributed by atoms with Crippen molar-refractivity contribution >= 4 is 0 Å². The van der Waals surface area contributed by atoms with Gasteiger partial charge in [-0.2, -0.15) is 0 Å². The van der Waals surface area contributed by atoms with Crippen LogP contribution in [0.25, 0.3) is 0 Å². The van der Waals surface area contributed by atoms with Gasteiger partial charge in [-0.25, -0.2) is 0 Å². The summed E-state index contributed by atoms with van der Waals surface area (Å²) < 4.78 is 0. The third kappa shape index (κ3) is 3.82. The average molecular weight is 246 g/mol. The number of hydrogen-bond donors (Lipinski definition) is 2. The summed E-state index contributed by atoms with van der Waals surface area (Å²) >= 11 is 0. The predicted molar refractivity (Wildman–Crippen MR) is 78.1 cm³/mol. The number of aryl methyl sites for hydroxylation is 1. The largest absolute Gasteiger partial charge is 0.315 e. The van der Waals surface area contributed by atoms with Crippen molar-refractivity contribution in [2.75, 3.05) is 19.6 Å². The summed E-state index contributed by atoms with van der Waals surface area (Å²) in [5.74, 6) is 0. The summed E-state index contributed by atoms with van der Waals surface area (Å²) in [4.78, 5) is 0. The Kier molecular flexibility index (Phi) is 4.41. The first-order valence-corrected chi connectivity index (χ1v) is 7.10. The standard InChI is InChI=1S/C16H26N2/c1-13-6-4-5-7-15(13)16(2,3)12-17-10-11-18-14-8-9-14/h4-7,14,17-18H,8-12H2,1-3H3. The van der Waals surface area contributed by atoms with Crippen LogP contribution in [0.4, 0.5) is 0 Å². The highest BCUT2D eigenvalue weighted by Gasteiger charge is 2.22. The molecule has 0 unspecified atom stereocenters. The molecule has 0 spiro atoms. The van der Waals surface area contributed by atoms with Gasteiger partial charge >= 0.3 is 0 Å². The van der Waals surface area contributed by atoms with E-state index >= 15 is 0 Å². The van der Waals surface area contributed by atoms with Gasteiger partial charge in [-0.1, -0.05) is 38.1 Å². The molecule has 0 aliphatic heterocycles. The maximum Gasteiger partial charge on any atom is 0.00793 e. The van der Waals surface area contributed by atoms with Crippen molar-refractivity contribution in [2.24, 2.45) is 0 Å². The maximum absolute atomic E-state index is 3.57. The topological polar surface area (TPSA) is 24.1 Å². The van der Waals surface area contributed by atoms with Crippen molar-refractivity contribution < 1.29 is 0 Å². The zero-order chi connectivity index (χ0) is 13.0. The second-order valence-corrected chi connectivity index (χ2v) is 6.10. The van der Waals surface area contributed by atoms with Crippen LogP contribution in [0, 0.1) is 6.92 Å². The first kappa shape index (κ1) is 13.6. The molecular weight excluding hydrogens is 220 g/mol. The molecule has 0 heterocycles. The van der Waals surface area contributed by atoms with Gasteiger partial charge in [0.1, 0.15) is 0 Å². The molecule has 1 saturated carbocycles. The summed E-state index contributed by atoms with van der Waals surface area (Å²) in [7, 11) is 0. The van der Waals surface area contributed by atoms with E-state index in [1.54, 1.807) is 0 Å². The van der Waals surface area contributed by atoms with Crippen LogP contribution in [-0.2, 0) is 5.41 Å². The molecule has 1 aromatic carbocycles. The van der Waals surface area contributed by atoms with Crippen LogP contribution in [0.2, 0.25) is 0 Å². The van der Waals surface area contributed by atoms with Gasteiger partial charge in [0.25, 0.3) is 0 Å². The zero-order valence-electron chi connectivity index (χ0n) is 11.9. The van der Waals surface area contributed by atoms with E-state index < -0.39 is 0 Å². The monoisotopic (exact) mass is 246 g/mol. The molecule has 0 radical (unpaired) electrons. The van der Waals surface area contributed by atoms with Gasteiger partial charge in [0.05, 0.1) is 0 Å². The van der Waals surface area contributed by atoms with Crippen molar-refractivity contribution in [2.45, 2.75) is 45.1 Å². The fourth-order valence-electron chi connectivity index (χ4n) is 2.48. The molecule has 2 nitrogen and oxygen atoms in total. The minimum atomic E-state index is 0.199. The molecule has 0 atom stereocenters. The first-order valence-electron chi connectivity index (χ1n) is 7.10. The van der Waals surface area contributed by atoms with Crippen LogP contribution in [-0.4, -0.2) is 25.7 Å². The summed E-state index contributed by atoms with van der Waals surface area (Å²) in [6, 6.07) is 9.52. The number of benzene rings is 1. The maximum atomic E-state index is 3.57. The molecule has 0 aromatic heterocycles. The van der Waals surface area contributed by atoms with Crippen LogP contribution in [0.1, 0.15) is 37.8 Å². The van der Waals surface area contributed by atoms with Gasteiger partial charge < -0.3 is 10.6 Å². The van der Waals surface area contributed by atoms with Crippen molar-refractivity contribution in [3.8, 4) is 0 Å². The Labute approximate surface area is 111 Å². The minimum Gasteiger partial charge on any atom is -0.315 e. The van der Waals surface area contributed by atoms with E-state index in [0.717, 1.165) is 25.7 Å². The lowest BCUT2D eigenvalue weighted by molar-refractivity contribution is 0.462. The van der Waals surface area contributed by atoms with Crippen molar-refractivity contribution in [3.05, 3.63) is 35.4 Å². The van der Waals surface area contributed by atoms with Crippen LogP contribution in [0.3, 0.4) is 0 Å². The van der Waals surface area contributed by atoms with Gasteiger partial charge in [0.15, 0.2) is 0 Å². The van der Waals surface area contributed by atoms with Gasteiger partial charge in [-0.3, -0.25) is 0 Å². The molecule has 1 aromatic rings. The quantitative estimate of drug-likeness (QED) is 0.723. The van der Waals surface area contributed by atoms with E-state index in [2.05, 4.69) is 55.7 Å². The average Bonchev–Trinajstić information content (AvgIpc) is 3.13. The van der Waals surface area contributed by atoms with Gasteiger partial charge in [-0.15, -0.1) is 0 Å². The highest BCUT2D eigenvalue weighted by Crippen LogP contribution is 2.25. The molecule has 2 rings (SSSR count). The Bertz CT molecular complexity index is 380. The molecule has 18 heavy (non-hydrogen) atoms. The smallest absolute Gasteiger partial charge is 0.00793 e. The van der Waals surface area contributed by atoms with Crippen molar-refractivity contribution in [1.82, 2.24) is 10.6 Å². The molecule has 0 bridgehead atoms. The molecule has 1 aliphatic carbocycles. The Hall–Kier alpha value is -0.860. The highest BCUT2D eigenvalue weighted by atomic mass is 15.0. The fourth-order valence-corrected chi connectivity index (χ4v) is 2.48. The number of rotatable bonds is 7. The van der Waals surface area contributed by atoms with Gasteiger partial charge in [0, 0.05) is 31.1 Å². The first-order chi connectivity index (χ1) is 8.59. The van der Waals surface area contributed by atoms with Crippen LogP contribution < -0.4 is 10.6 Å². The Morgan fingerprint density at radius 1 is 1.17 bits per heavy atom. The van der Waals surface area contributed by atoms with Crippen LogP contribution in [0.5, 0.6) is 0 Å². The second-order valence-electron chi connectivity index (χ2n) is 6.10. The van der Waals surface area contributed by atoms with E-state index in [-0.39, 0.29) is 5.41 Å². The third-order valence-electron chi connectivity index (χ3n) is 3.75. The molecule has 0 saturated heterocycles. The van der Waals surface area contributed by atoms with Crippen molar-refractivity contribution in [1.29, 1.82) is 0 Å². The summed E-state index contributed by atoms with van der Waals surface area (Å²) in [5.41, 5.74) is 3.04. The van der Waals surface area contributed by atoms with E-state index in [4.69, 9.17) is 0 Å². The molecule has 2 heteroatoms. The Balaban J connectivity index is 1.77. The van der Waals surface area contributed by atoms with Crippen LogP contribution >= 0.6 is 0 Å². The van der Waals surface area contributed by atoms with E-state index in [1.807, 2.05) is 0 Å². The minimum absolute atomic E-state index is 0.199. The zero-order valence-corrected chi connectivity index (χ0v) is 11.9. The Morgan fingerprint density at radius 3 is 2.56 bits per heavy atom.